The number of halogens is 2. The van der Waals surface area contributed by atoms with E-state index in [-0.39, 0.29) is 30.4 Å². The summed E-state index contributed by atoms with van der Waals surface area (Å²) in [5, 5.41) is 3.49. The zero-order valence-corrected chi connectivity index (χ0v) is 18.7. The number of pyridine rings is 2. The summed E-state index contributed by atoms with van der Waals surface area (Å²) in [5.41, 5.74) is 7.98. The van der Waals surface area contributed by atoms with E-state index in [9.17, 15) is 4.79 Å². The van der Waals surface area contributed by atoms with E-state index in [0.29, 0.717) is 6.04 Å². The van der Waals surface area contributed by atoms with Gasteiger partial charge in [0.05, 0.1) is 6.04 Å². The Morgan fingerprint density at radius 3 is 2.73 bits per heavy atom. The van der Waals surface area contributed by atoms with Crippen LogP contribution in [0.2, 0.25) is 0 Å². The molecule has 0 radical (unpaired) electrons. The molecular weight excluding hydrogens is 419 g/mol. The first-order chi connectivity index (χ1) is 13.6. The van der Waals surface area contributed by atoms with Crippen LogP contribution in [-0.4, -0.2) is 40.6 Å². The monoisotopic (exact) mass is 444 g/mol. The fourth-order valence-electron chi connectivity index (χ4n) is 4.54. The van der Waals surface area contributed by atoms with Crippen LogP contribution in [0.5, 0.6) is 0 Å². The first-order valence-electron chi connectivity index (χ1n) is 9.85. The van der Waals surface area contributed by atoms with Crippen LogP contribution in [0.1, 0.15) is 18.5 Å². The molecule has 1 fully saturated rings. The van der Waals surface area contributed by atoms with Gasteiger partial charge in [-0.1, -0.05) is 12.1 Å². The smallest absolute Gasteiger partial charge is 0.255 e. The fraction of sp³-hybridized carbons (Fsp3) is 0.304. The van der Waals surface area contributed by atoms with Gasteiger partial charge in [0.2, 0.25) is 0 Å². The number of nitrogens with zero attached hydrogens (tertiary/aromatic N) is 3. The van der Waals surface area contributed by atoms with Crippen LogP contribution in [-0.2, 0) is 0 Å². The van der Waals surface area contributed by atoms with Crippen molar-refractivity contribution in [2.75, 3.05) is 20.1 Å². The predicted octanol–water partition coefficient (Wildman–Crippen LogP) is 3.79. The van der Waals surface area contributed by atoms with E-state index in [2.05, 4.69) is 34.4 Å². The quantitative estimate of drug-likeness (QED) is 0.764. The van der Waals surface area contributed by atoms with Gasteiger partial charge >= 0.3 is 0 Å². The lowest BCUT2D eigenvalue weighted by Crippen LogP contribution is -2.38. The molecule has 4 heterocycles. The Hall–Kier alpha value is -2.34. The van der Waals surface area contributed by atoms with Crippen LogP contribution in [0.3, 0.4) is 0 Å². The van der Waals surface area contributed by atoms with Crippen molar-refractivity contribution in [2.45, 2.75) is 25.8 Å². The first kappa shape index (κ1) is 22.3. The van der Waals surface area contributed by atoms with Crippen molar-refractivity contribution >= 4 is 30.5 Å². The molecule has 0 saturated carbocycles. The van der Waals surface area contributed by atoms with E-state index in [1.54, 1.807) is 10.6 Å². The summed E-state index contributed by atoms with van der Waals surface area (Å²) in [6.45, 7) is 4.00. The highest BCUT2D eigenvalue weighted by molar-refractivity contribution is 5.85. The number of aromatic nitrogens is 2. The molecule has 1 saturated heterocycles. The van der Waals surface area contributed by atoms with E-state index < -0.39 is 0 Å². The molecule has 0 aromatic carbocycles. The first-order valence-corrected chi connectivity index (χ1v) is 9.85. The average molecular weight is 445 g/mol. The van der Waals surface area contributed by atoms with Crippen molar-refractivity contribution < 1.29 is 0 Å². The normalized spacial score (nSPS) is 19.8. The number of hydrogen-bond acceptors (Lipinski definition) is 4. The van der Waals surface area contributed by atoms with Gasteiger partial charge in [0.1, 0.15) is 0 Å². The average Bonchev–Trinajstić information content (AvgIpc) is 3.01. The molecule has 1 N–H and O–H groups in total. The second-order valence-corrected chi connectivity index (χ2v) is 7.77. The maximum atomic E-state index is 12.8. The van der Waals surface area contributed by atoms with Gasteiger partial charge in [0.15, 0.2) is 0 Å². The number of likely N-dealkylation sites (N-methyl/N-ethyl adjacent to an activating group) is 1. The number of allylic oxidation sites excluding steroid dienone is 4. The number of nitrogens with one attached hydrogen (secondary N) is 1. The Labute approximate surface area is 189 Å². The summed E-state index contributed by atoms with van der Waals surface area (Å²) < 4.78 is 1.74. The van der Waals surface area contributed by atoms with Crippen LogP contribution in [0.25, 0.3) is 16.8 Å². The Balaban J connectivity index is 0.00000128. The van der Waals surface area contributed by atoms with Crippen LogP contribution in [0.15, 0.2) is 70.4 Å². The Bertz CT molecular complexity index is 1100. The standard InChI is InChI=1S/C23H24N4O.2ClH/c1-15-3-4-17(13-25-15)16-8-10-27(23(28)11-16)18-5-6-19-20-14-24-9-7-21(20)26(2)22(19)12-18;;/h3-5,8,10-13,21,24H,6-7,9,14H2,1-2H3;2*1H. The second kappa shape index (κ2) is 8.80. The molecule has 5 nitrogen and oxygen atoms in total. The third kappa shape index (κ3) is 3.73. The molecule has 2 aliphatic heterocycles. The predicted molar refractivity (Wildman–Crippen MR) is 126 cm³/mol. The minimum absolute atomic E-state index is 0. The van der Waals surface area contributed by atoms with Crippen molar-refractivity contribution in [3.05, 3.63) is 81.7 Å². The Kier molecular flexibility index (Phi) is 6.56. The maximum absolute atomic E-state index is 12.8. The van der Waals surface area contributed by atoms with E-state index in [4.69, 9.17) is 0 Å². The van der Waals surface area contributed by atoms with E-state index in [0.717, 1.165) is 48.4 Å². The van der Waals surface area contributed by atoms with Crippen molar-refractivity contribution in [3.8, 4) is 11.1 Å². The van der Waals surface area contributed by atoms with Crippen molar-refractivity contribution in [3.63, 3.8) is 0 Å². The highest BCUT2D eigenvalue weighted by Gasteiger charge is 2.35. The molecule has 1 atom stereocenters. The Morgan fingerprint density at radius 2 is 2.00 bits per heavy atom. The lowest BCUT2D eigenvalue weighted by Gasteiger charge is -2.29. The largest absolute Gasteiger partial charge is 0.367 e. The lowest BCUT2D eigenvalue weighted by molar-refractivity contribution is 0.327. The Morgan fingerprint density at radius 1 is 1.17 bits per heavy atom. The highest BCUT2D eigenvalue weighted by Crippen LogP contribution is 2.40. The molecule has 7 heteroatoms. The van der Waals surface area contributed by atoms with Gasteiger partial charge in [-0.05, 0) is 61.2 Å². The molecule has 1 aliphatic carbocycles. The fourth-order valence-corrected chi connectivity index (χ4v) is 4.54. The number of rotatable bonds is 2. The molecule has 5 rings (SSSR count). The molecule has 3 aliphatic rings. The van der Waals surface area contributed by atoms with Gasteiger partial charge in [-0.25, -0.2) is 0 Å². The summed E-state index contributed by atoms with van der Waals surface area (Å²) in [7, 11) is 2.17. The maximum Gasteiger partial charge on any atom is 0.255 e. The van der Waals surface area contributed by atoms with Gasteiger partial charge in [-0.2, -0.15) is 0 Å². The SMILES string of the molecule is Cc1ccc(-c2ccn(C3=CCC4=C5CNCCC5N(C)C4=C3)c(=O)c2)cn1.Cl.Cl. The van der Waals surface area contributed by atoms with Gasteiger partial charge in [0.25, 0.3) is 5.56 Å². The molecule has 0 bridgehead atoms. The highest BCUT2D eigenvalue weighted by atomic mass is 35.5. The molecule has 1 unspecified atom stereocenters. The minimum atomic E-state index is -0.0167. The van der Waals surface area contributed by atoms with E-state index in [1.807, 2.05) is 37.5 Å². The summed E-state index contributed by atoms with van der Waals surface area (Å²) in [4.78, 5) is 19.6. The molecule has 30 heavy (non-hydrogen) atoms. The second-order valence-electron chi connectivity index (χ2n) is 7.77. The lowest BCUT2D eigenvalue weighted by atomic mass is 9.95. The molecule has 158 valence electrons. The van der Waals surface area contributed by atoms with E-state index >= 15 is 0 Å². The summed E-state index contributed by atoms with van der Waals surface area (Å²) in [6.07, 6.45) is 10.1. The molecule has 0 amide bonds. The third-order valence-electron chi connectivity index (χ3n) is 6.10. The van der Waals surface area contributed by atoms with Gasteiger partial charge < -0.3 is 10.2 Å². The van der Waals surface area contributed by atoms with Crippen LogP contribution in [0, 0.1) is 6.92 Å². The van der Waals surface area contributed by atoms with Crippen LogP contribution in [0.4, 0.5) is 0 Å². The van der Waals surface area contributed by atoms with Gasteiger partial charge in [-0.3, -0.25) is 14.3 Å². The third-order valence-corrected chi connectivity index (χ3v) is 6.10. The van der Waals surface area contributed by atoms with E-state index in [1.165, 1.54) is 16.8 Å². The zero-order chi connectivity index (χ0) is 19.3. The molecule has 2 aromatic heterocycles. The van der Waals surface area contributed by atoms with Crippen molar-refractivity contribution in [1.29, 1.82) is 0 Å². The van der Waals surface area contributed by atoms with Crippen LogP contribution >= 0.6 is 24.8 Å². The number of fused-ring (bicyclic) bond motifs is 2. The minimum Gasteiger partial charge on any atom is -0.367 e. The van der Waals surface area contributed by atoms with Crippen molar-refractivity contribution in [1.82, 2.24) is 19.8 Å². The summed E-state index contributed by atoms with van der Waals surface area (Å²) >= 11 is 0. The molecule has 0 spiro atoms. The summed E-state index contributed by atoms with van der Waals surface area (Å²) in [6, 6.07) is 8.16. The van der Waals surface area contributed by atoms with Gasteiger partial charge in [-0.15, -0.1) is 24.8 Å². The van der Waals surface area contributed by atoms with Crippen molar-refractivity contribution in [2.24, 2.45) is 0 Å². The molecular formula is C23H26Cl2N4O. The summed E-state index contributed by atoms with van der Waals surface area (Å²) in [5.74, 6) is 0. The number of aryl methyl sites for hydroxylation is 1. The molecule has 2 aromatic rings. The van der Waals surface area contributed by atoms with Crippen LogP contribution < -0.4 is 10.9 Å². The number of piperidine rings is 1. The zero-order valence-electron chi connectivity index (χ0n) is 17.1. The number of hydrogen-bond donors (Lipinski definition) is 1. The topological polar surface area (TPSA) is 50.2 Å². The van der Waals surface area contributed by atoms with Gasteiger partial charge in [0, 0.05) is 54.7 Å².